The molecule has 0 aliphatic carbocycles. The Morgan fingerprint density at radius 2 is 2.04 bits per heavy atom. The molecule has 1 aliphatic heterocycles. The Balaban J connectivity index is 1.78. The van der Waals surface area contributed by atoms with Gasteiger partial charge in [0.15, 0.2) is 0 Å². The third-order valence-corrected chi connectivity index (χ3v) is 5.64. The smallest absolute Gasteiger partial charge is 0.266 e. The molecule has 0 bridgehead atoms. The van der Waals surface area contributed by atoms with Gasteiger partial charge in [0.1, 0.15) is 9.71 Å². The van der Waals surface area contributed by atoms with Gasteiger partial charge in [0.05, 0.1) is 12.3 Å². The molecule has 3 rings (SSSR count). The Bertz CT molecular complexity index is 751. The fourth-order valence-electron chi connectivity index (χ4n) is 3.19. The maximum Gasteiger partial charge on any atom is 0.266 e. The number of rotatable bonds is 5. The number of aliphatic hydroxyl groups excluding tert-OH is 1. The van der Waals surface area contributed by atoms with Crippen LogP contribution in [0.5, 0.6) is 0 Å². The van der Waals surface area contributed by atoms with Gasteiger partial charge in [-0.05, 0) is 24.5 Å². The monoisotopic (exact) mass is 362 g/mol. The summed E-state index contributed by atoms with van der Waals surface area (Å²) in [5, 5.41) is 9.90. The molecule has 1 saturated heterocycles. The lowest BCUT2D eigenvalue weighted by atomic mass is 10.1. The van der Waals surface area contributed by atoms with E-state index in [0.29, 0.717) is 36.1 Å². The van der Waals surface area contributed by atoms with Gasteiger partial charge < -0.3 is 15.7 Å². The Hall–Kier alpha value is -1.70. The number of nitrogens with zero attached hydrogens (tertiary/aromatic N) is 3. The van der Waals surface area contributed by atoms with Gasteiger partial charge in [-0.25, -0.2) is 4.98 Å². The fourth-order valence-corrected chi connectivity index (χ4v) is 4.27. The van der Waals surface area contributed by atoms with Crippen LogP contribution in [0.4, 0.5) is 5.69 Å². The number of hydrogen-bond acceptors (Lipinski definition) is 6. The second-order valence-corrected chi connectivity index (χ2v) is 7.95. The highest BCUT2D eigenvalue weighted by Gasteiger charge is 2.26. The minimum Gasteiger partial charge on any atom is -0.397 e. The maximum absolute atomic E-state index is 12.9. The normalized spacial score (nSPS) is 16.1. The third kappa shape index (κ3) is 3.94. The number of hydrogen-bond donors (Lipinski definition) is 2. The van der Waals surface area contributed by atoms with Gasteiger partial charge in [-0.3, -0.25) is 9.69 Å². The lowest BCUT2D eigenvalue weighted by Gasteiger charge is -2.34. The molecule has 3 heterocycles. The van der Waals surface area contributed by atoms with Crippen molar-refractivity contribution >= 4 is 33.1 Å². The summed E-state index contributed by atoms with van der Waals surface area (Å²) in [5.74, 6) is 0.535. The van der Waals surface area contributed by atoms with Crippen LogP contribution in [-0.4, -0.2) is 65.1 Å². The van der Waals surface area contributed by atoms with Crippen LogP contribution in [0, 0.1) is 5.92 Å². The molecular weight excluding hydrogens is 336 g/mol. The van der Waals surface area contributed by atoms with Crippen LogP contribution in [0.25, 0.3) is 10.2 Å². The number of nitrogen functional groups attached to an aromatic ring is 1. The first-order valence-electron chi connectivity index (χ1n) is 8.80. The molecule has 0 aromatic carbocycles. The van der Waals surface area contributed by atoms with Gasteiger partial charge in [0.2, 0.25) is 0 Å². The lowest BCUT2D eigenvalue weighted by molar-refractivity contribution is 0.0620. The molecule has 7 heteroatoms. The van der Waals surface area contributed by atoms with Crippen LogP contribution in [0.3, 0.4) is 0 Å². The summed E-state index contributed by atoms with van der Waals surface area (Å²) >= 11 is 1.40. The van der Waals surface area contributed by atoms with E-state index in [1.54, 1.807) is 0 Å². The predicted molar refractivity (Wildman–Crippen MR) is 102 cm³/mol. The Kier molecular flexibility index (Phi) is 5.56. The molecule has 0 radical (unpaired) electrons. The number of aromatic nitrogens is 1. The van der Waals surface area contributed by atoms with Crippen molar-refractivity contribution in [3.63, 3.8) is 0 Å². The van der Waals surface area contributed by atoms with E-state index >= 15 is 0 Å². The van der Waals surface area contributed by atoms with E-state index in [9.17, 15) is 4.79 Å². The van der Waals surface area contributed by atoms with Crippen molar-refractivity contribution in [3.05, 3.63) is 22.7 Å². The Morgan fingerprint density at radius 3 is 2.68 bits per heavy atom. The predicted octanol–water partition coefficient (Wildman–Crippen LogP) is 1.83. The molecule has 1 aliphatic rings. The van der Waals surface area contributed by atoms with Crippen molar-refractivity contribution in [1.82, 2.24) is 14.8 Å². The van der Waals surface area contributed by atoms with E-state index in [1.165, 1.54) is 11.3 Å². The average molecular weight is 362 g/mol. The molecule has 0 saturated carbocycles. The first kappa shape index (κ1) is 18.1. The quantitative estimate of drug-likeness (QED) is 0.848. The largest absolute Gasteiger partial charge is 0.397 e. The Morgan fingerprint density at radius 1 is 1.32 bits per heavy atom. The van der Waals surface area contributed by atoms with E-state index in [1.807, 2.05) is 17.0 Å². The molecule has 1 fully saturated rings. The number of anilines is 1. The lowest BCUT2D eigenvalue weighted by Crippen LogP contribution is -2.49. The van der Waals surface area contributed by atoms with Crippen molar-refractivity contribution < 1.29 is 9.90 Å². The van der Waals surface area contributed by atoms with Crippen LogP contribution in [-0.2, 0) is 6.42 Å². The first-order chi connectivity index (χ1) is 12.0. The highest BCUT2D eigenvalue weighted by Crippen LogP contribution is 2.33. The van der Waals surface area contributed by atoms with Crippen LogP contribution in [0.15, 0.2) is 12.1 Å². The number of carbonyl (C=O) groups is 1. The summed E-state index contributed by atoms with van der Waals surface area (Å²) in [7, 11) is 0. The van der Waals surface area contributed by atoms with Crippen molar-refractivity contribution in [2.75, 3.05) is 45.1 Å². The number of pyridine rings is 1. The molecule has 6 nitrogen and oxygen atoms in total. The average Bonchev–Trinajstić information content (AvgIpc) is 2.91. The van der Waals surface area contributed by atoms with E-state index in [4.69, 9.17) is 15.8 Å². The van der Waals surface area contributed by atoms with Gasteiger partial charge in [-0.1, -0.05) is 13.8 Å². The summed E-state index contributed by atoms with van der Waals surface area (Å²) in [6.45, 7) is 8.05. The van der Waals surface area contributed by atoms with Crippen LogP contribution >= 0.6 is 11.3 Å². The third-order valence-electron chi connectivity index (χ3n) is 4.54. The number of amides is 1. The van der Waals surface area contributed by atoms with Gasteiger partial charge in [-0.2, -0.15) is 0 Å². The van der Waals surface area contributed by atoms with Crippen LogP contribution in [0.1, 0.15) is 29.2 Å². The van der Waals surface area contributed by atoms with Crippen molar-refractivity contribution in [2.24, 2.45) is 5.92 Å². The zero-order chi connectivity index (χ0) is 18.0. The number of piperazine rings is 1. The van der Waals surface area contributed by atoms with Gasteiger partial charge >= 0.3 is 0 Å². The van der Waals surface area contributed by atoms with Gasteiger partial charge in [0.25, 0.3) is 5.91 Å². The summed E-state index contributed by atoms with van der Waals surface area (Å²) in [5.41, 5.74) is 7.84. The van der Waals surface area contributed by atoms with Crippen LogP contribution in [0.2, 0.25) is 0 Å². The first-order valence-corrected chi connectivity index (χ1v) is 9.61. The number of fused-ring (bicyclic) bond motifs is 1. The number of thiophene rings is 1. The molecule has 0 unspecified atom stereocenters. The van der Waals surface area contributed by atoms with Gasteiger partial charge in [0, 0.05) is 43.8 Å². The Labute approximate surface area is 152 Å². The summed E-state index contributed by atoms with van der Waals surface area (Å²) in [6.07, 6.45) is 0.920. The zero-order valence-corrected chi connectivity index (χ0v) is 15.7. The second kappa shape index (κ2) is 7.68. The van der Waals surface area contributed by atoms with E-state index in [-0.39, 0.29) is 12.5 Å². The molecule has 25 heavy (non-hydrogen) atoms. The summed E-state index contributed by atoms with van der Waals surface area (Å²) < 4.78 is 0. The standard InChI is InChI=1S/C18H26N4O2S/c1-12(2)11-13-3-4-14-15(19)16(25-17(14)20-13)18(24)22-7-5-21(6-8-22)9-10-23/h3-4,12,23H,5-11,19H2,1-2H3. The molecule has 3 N–H and O–H groups in total. The molecule has 136 valence electrons. The fraction of sp³-hybridized carbons (Fsp3) is 0.556. The summed E-state index contributed by atoms with van der Waals surface area (Å²) in [6, 6.07) is 4.00. The van der Waals surface area contributed by atoms with E-state index < -0.39 is 0 Å². The van der Waals surface area contributed by atoms with Gasteiger partial charge in [-0.15, -0.1) is 11.3 Å². The number of β-amino-alcohol motifs (C(OH)–C–C–N with tert-alkyl or cyclic N) is 1. The molecule has 0 atom stereocenters. The number of carbonyl (C=O) groups excluding carboxylic acids is 1. The molecule has 2 aromatic heterocycles. The van der Waals surface area contributed by atoms with Crippen molar-refractivity contribution in [2.45, 2.75) is 20.3 Å². The summed E-state index contributed by atoms with van der Waals surface area (Å²) in [4.78, 5) is 23.0. The highest BCUT2D eigenvalue weighted by molar-refractivity contribution is 7.21. The highest BCUT2D eigenvalue weighted by atomic mass is 32.1. The molecule has 0 spiro atoms. The topological polar surface area (TPSA) is 82.7 Å². The molecule has 2 aromatic rings. The van der Waals surface area contributed by atoms with Crippen molar-refractivity contribution in [1.29, 1.82) is 0 Å². The molecule has 1 amide bonds. The number of aliphatic hydroxyl groups is 1. The van der Waals surface area contributed by atoms with E-state index in [2.05, 4.69) is 18.7 Å². The minimum atomic E-state index is -0.00504. The maximum atomic E-state index is 12.9. The zero-order valence-electron chi connectivity index (χ0n) is 14.9. The number of nitrogens with two attached hydrogens (primary N) is 1. The minimum absolute atomic E-state index is 0.00504. The van der Waals surface area contributed by atoms with Crippen molar-refractivity contribution in [3.8, 4) is 0 Å². The van der Waals surface area contributed by atoms with E-state index in [0.717, 1.165) is 35.4 Å². The second-order valence-electron chi connectivity index (χ2n) is 6.96. The molecular formula is C18H26N4O2S. The SMILES string of the molecule is CC(C)Cc1ccc2c(N)c(C(=O)N3CCN(CCO)CC3)sc2n1. The van der Waals surface area contributed by atoms with Crippen LogP contribution < -0.4 is 5.73 Å².